The Labute approximate surface area is 115 Å². The van der Waals surface area contributed by atoms with Crippen molar-refractivity contribution < 1.29 is 4.79 Å². The maximum Gasteiger partial charge on any atom is 0.235 e. The second-order valence-electron chi connectivity index (χ2n) is 4.57. The molecule has 100 valence electrons. The van der Waals surface area contributed by atoms with Crippen molar-refractivity contribution in [2.24, 2.45) is 0 Å². The van der Waals surface area contributed by atoms with E-state index in [1.807, 2.05) is 18.2 Å². The van der Waals surface area contributed by atoms with Crippen LogP contribution in [0.4, 0.5) is 0 Å². The number of hydrogen-bond donors (Lipinski definition) is 0. The van der Waals surface area contributed by atoms with Crippen LogP contribution in [0.3, 0.4) is 0 Å². The predicted octanol–water partition coefficient (Wildman–Crippen LogP) is 3.49. The highest BCUT2D eigenvalue weighted by Crippen LogP contribution is 2.04. The molecule has 3 heteroatoms. The third-order valence-corrected chi connectivity index (χ3v) is 3.10. The molecule has 2 nitrogen and oxygen atoms in total. The number of hydrogen-bond acceptors (Lipinski definition) is 2. The molecule has 0 bridgehead atoms. The second kappa shape index (κ2) is 9.12. The molecule has 0 fully saturated rings. The Morgan fingerprint density at radius 1 is 1.17 bits per heavy atom. The summed E-state index contributed by atoms with van der Waals surface area (Å²) in [6.45, 7) is 4.39. The van der Waals surface area contributed by atoms with Crippen LogP contribution in [-0.2, 0) is 11.2 Å². The SMILES string of the molecule is CCCCCN(CCc1ccccc1)CC(=O)Cl. The Morgan fingerprint density at radius 2 is 1.89 bits per heavy atom. The highest BCUT2D eigenvalue weighted by atomic mass is 35.5. The van der Waals surface area contributed by atoms with E-state index >= 15 is 0 Å². The van der Waals surface area contributed by atoms with Crippen LogP contribution >= 0.6 is 11.6 Å². The van der Waals surface area contributed by atoms with E-state index in [1.165, 1.54) is 18.4 Å². The van der Waals surface area contributed by atoms with E-state index in [1.54, 1.807) is 0 Å². The first-order valence-corrected chi connectivity index (χ1v) is 7.04. The van der Waals surface area contributed by atoms with Crippen LogP contribution in [0.15, 0.2) is 30.3 Å². The monoisotopic (exact) mass is 267 g/mol. The molecule has 0 atom stereocenters. The lowest BCUT2D eigenvalue weighted by atomic mass is 10.1. The molecule has 18 heavy (non-hydrogen) atoms. The molecule has 0 aromatic heterocycles. The van der Waals surface area contributed by atoms with Gasteiger partial charge in [-0.15, -0.1) is 0 Å². The molecule has 0 saturated carbocycles. The number of halogens is 1. The summed E-state index contributed by atoms with van der Waals surface area (Å²) in [5.41, 5.74) is 1.31. The van der Waals surface area contributed by atoms with E-state index in [2.05, 4.69) is 24.0 Å². The van der Waals surface area contributed by atoms with Gasteiger partial charge in [-0.2, -0.15) is 0 Å². The highest BCUT2D eigenvalue weighted by molar-refractivity contribution is 6.64. The van der Waals surface area contributed by atoms with E-state index in [0.29, 0.717) is 6.54 Å². The molecular weight excluding hydrogens is 246 g/mol. The summed E-state index contributed by atoms with van der Waals surface area (Å²) in [4.78, 5) is 13.2. The summed E-state index contributed by atoms with van der Waals surface area (Å²) < 4.78 is 0. The molecule has 0 spiro atoms. The van der Waals surface area contributed by atoms with Crippen LogP contribution in [0.2, 0.25) is 0 Å². The fourth-order valence-electron chi connectivity index (χ4n) is 1.96. The van der Waals surface area contributed by atoms with Crippen molar-refractivity contribution in [2.75, 3.05) is 19.6 Å². The predicted molar refractivity (Wildman–Crippen MR) is 77.0 cm³/mol. The fraction of sp³-hybridized carbons (Fsp3) is 0.533. The van der Waals surface area contributed by atoms with Gasteiger partial charge in [0.25, 0.3) is 0 Å². The summed E-state index contributed by atoms with van der Waals surface area (Å²) in [6, 6.07) is 10.3. The Morgan fingerprint density at radius 3 is 2.50 bits per heavy atom. The molecule has 0 saturated heterocycles. The van der Waals surface area contributed by atoms with E-state index in [-0.39, 0.29) is 5.24 Å². The normalized spacial score (nSPS) is 10.8. The zero-order valence-electron chi connectivity index (χ0n) is 11.1. The lowest BCUT2D eigenvalue weighted by molar-refractivity contribution is -0.112. The smallest absolute Gasteiger partial charge is 0.235 e. The summed E-state index contributed by atoms with van der Waals surface area (Å²) in [5.74, 6) is 0. The number of nitrogens with zero attached hydrogens (tertiary/aromatic N) is 1. The summed E-state index contributed by atoms with van der Waals surface area (Å²) in [7, 11) is 0. The van der Waals surface area contributed by atoms with Crippen LogP contribution in [0.1, 0.15) is 31.7 Å². The lowest BCUT2D eigenvalue weighted by Gasteiger charge is -2.20. The van der Waals surface area contributed by atoms with E-state index in [9.17, 15) is 4.79 Å². The lowest BCUT2D eigenvalue weighted by Crippen LogP contribution is -2.31. The van der Waals surface area contributed by atoms with Gasteiger partial charge in [-0.1, -0.05) is 50.1 Å². The highest BCUT2D eigenvalue weighted by Gasteiger charge is 2.08. The number of rotatable bonds is 9. The summed E-state index contributed by atoms with van der Waals surface area (Å²) in [6.07, 6.45) is 4.51. The molecule has 1 aromatic rings. The Hall–Kier alpha value is -0.860. The maximum atomic E-state index is 11.0. The molecule has 0 amide bonds. The van der Waals surface area contributed by atoms with Gasteiger partial charge in [-0.05, 0) is 36.6 Å². The van der Waals surface area contributed by atoms with E-state index < -0.39 is 0 Å². The first kappa shape index (κ1) is 15.2. The second-order valence-corrected chi connectivity index (χ2v) is 5.00. The van der Waals surface area contributed by atoms with Gasteiger partial charge < -0.3 is 0 Å². The van der Waals surface area contributed by atoms with Crippen LogP contribution < -0.4 is 0 Å². The molecule has 0 heterocycles. The maximum absolute atomic E-state index is 11.0. The van der Waals surface area contributed by atoms with Crippen LogP contribution in [0, 0.1) is 0 Å². The van der Waals surface area contributed by atoms with E-state index in [4.69, 9.17) is 11.6 Å². The van der Waals surface area contributed by atoms with Crippen LogP contribution in [0.25, 0.3) is 0 Å². The molecule has 0 N–H and O–H groups in total. The summed E-state index contributed by atoms with van der Waals surface area (Å²) >= 11 is 5.49. The van der Waals surface area contributed by atoms with Gasteiger partial charge in [0, 0.05) is 6.54 Å². The molecule has 0 aliphatic carbocycles. The third-order valence-electron chi connectivity index (χ3n) is 2.99. The quantitative estimate of drug-likeness (QED) is 0.504. The standard InChI is InChI=1S/C15H22ClNO/c1-2-3-7-11-17(13-15(16)18)12-10-14-8-5-4-6-9-14/h4-6,8-9H,2-3,7,10-13H2,1H3. The Bertz CT molecular complexity index is 340. The number of benzene rings is 1. The van der Waals surface area contributed by atoms with Gasteiger partial charge >= 0.3 is 0 Å². The van der Waals surface area contributed by atoms with Gasteiger partial charge in [0.05, 0.1) is 6.54 Å². The van der Waals surface area contributed by atoms with Crippen molar-refractivity contribution in [1.29, 1.82) is 0 Å². The van der Waals surface area contributed by atoms with Gasteiger partial charge in [0.2, 0.25) is 5.24 Å². The van der Waals surface area contributed by atoms with Crippen molar-refractivity contribution in [3.8, 4) is 0 Å². The van der Waals surface area contributed by atoms with Crippen molar-refractivity contribution >= 4 is 16.8 Å². The number of carbonyl (C=O) groups excluding carboxylic acids is 1. The van der Waals surface area contributed by atoms with Gasteiger partial charge in [0.1, 0.15) is 0 Å². The molecule has 0 unspecified atom stereocenters. The molecule has 0 radical (unpaired) electrons. The van der Waals surface area contributed by atoms with Crippen molar-refractivity contribution in [3.63, 3.8) is 0 Å². The minimum atomic E-state index is -0.264. The van der Waals surface area contributed by atoms with Crippen molar-refractivity contribution in [1.82, 2.24) is 4.90 Å². The zero-order valence-corrected chi connectivity index (χ0v) is 11.8. The van der Waals surface area contributed by atoms with Gasteiger partial charge in [-0.3, -0.25) is 9.69 Å². The van der Waals surface area contributed by atoms with Crippen molar-refractivity contribution in [3.05, 3.63) is 35.9 Å². The zero-order chi connectivity index (χ0) is 13.2. The molecule has 0 aliphatic heterocycles. The van der Waals surface area contributed by atoms with Crippen LogP contribution in [0.5, 0.6) is 0 Å². The topological polar surface area (TPSA) is 20.3 Å². The minimum Gasteiger partial charge on any atom is -0.295 e. The number of unbranched alkanes of at least 4 members (excludes halogenated alkanes) is 2. The number of carbonyl (C=O) groups is 1. The molecule has 0 aliphatic rings. The average Bonchev–Trinajstić information content (AvgIpc) is 2.37. The third kappa shape index (κ3) is 6.77. The largest absolute Gasteiger partial charge is 0.295 e. The Kier molecular flexibility index (Phi) is 7.70. The van der Waals surface area contributed by atoms with Crippen LogP contribution in [-0.4, -0.2) is 29.8 Å². The summed E-state index contributed by atoms with van der Waals surface area (Å²) in [5, 5.41) is -0.264. The van der Waals surface area contributed by atoms with Crippen molar-refractivity contribution in [2.45, 2.75) is 32.6 Å². The van der Waals surface area contributed by atoms with Gasteiger partial charge in [0.15, 0.2) is 0 Å². The minimum absolute atomic E-state index is 0.264. The van der Waals surface area contributed by atoms with Gasteiger partial charge in [-0.25, -0.2) is 0 Å². The fourth-order valence-corrected chi connectivity index (χ4v) is 2.13. The first-order valence-electron chi connectivity index (χ1n) is 6.67. The molecule has 1 rings (SSSR count). The molecule has 1 aromatic carbocycles. The molecular formula is C15H22ClNO. The Balaban J connectivity index is 2.37. The average molecular weight is 268 g/mol. The first-order chi connectivity index (χ1) is 8.72. The van der Waals surface area contributed by atoms with E-state index in [0.717, 1.165) is 25.9 Å².